The summed E-state index contributed by atoms with van der Waals surface area (Å²) in [7, 11) is 0. The maximum Gasteiger partial charge on any atom is 0.250 e. The highest BCUT2D eigenvalue weighted by Gasteiger charge is 2.09. The maximum atomic E-state index is 11.1. The Morgan fingerprint density at radius 1 is 1.44 bits per heavy atom. The van der Waals surface area contributed by atoms with Crippen molar-refractivity contribution in [1.29, 1.82) is 0 Å². The number of imidazole rings is 1. The van der Waals surface area contributed by atoms with Crippen molar-refractivity contribution in [2.45, 2.75) is 6.92 Å². The Balaban J connectivity index is 2.56. The molecule has 2 rings (SSSR count). The molecule has 4 N–H and O–H groups in total. The summed E-state index contributed by atoms with van der Waals surface area (Å²) in [5, 5.41) is 0. The van der Waals surface area contributed by atoms with Crippen molar-refractivity contribution in [3.63, 3.8) is 0 Å². The van der Waals surface area contributed by atoms with Crippen LogP contribution in [0.5, 0.6) is 0 Å². The van der Waals surface area contributed by atoms with E-state index in [1.165, 1.54) is 6.20 Å². The van der Waals surface area contributed by atoms with E-state index in [0.717, 1.165) is 5.82 Å². The number of primary amides is 1. The lowest BCUT2D eigenvalue weighted by Crippen LogP contribution is -2.15. The third-order valence-corrected chi connectivity index (χ3v) is 2.26. The predicted molar refractivity (Wildman–Crippen MR) is 59.0 cm³/mol. The number of nitrogen functional groups attached to an aromatic ring is 1. The lowest BCUT2D eigenvalue weighted by atomic mass is 10.2. The Morgan fingerprint density at radius 2 is 2.19 bits per heavy atom. The van der Waals surface area contributed by atoms with Crippen molar-refractivity contribution >= 4 is 11.6 Å². The number of nitrogens with zero attached hydrogens (tertiary/aromatic N) is 3. The van der Waals surface area contributed by atoms with E-state index in [2.05, 4.69) is 9.97 Å². The lowest BCUT2D eigenvalue weighted by molar-refractivity contribution is 0.100. The van der Waals surface area contributed by atoms with Crippen LogP contribution in [0.2, 0.25) is 0 Å². The summed E-state index contributed by atoms with van der Waals surface area (Å²) in [5.74, 6) is 0.768. The Kier molecular flexibility index (Phi) is 2.32. The minimum absolute atomic E-state index is 0.262. The number of pyridine rings is 1. The van der Waals surface area contributed by atoms with Gasteiger partial charge in [-0.05, 0) is 13.0 Å². The number of amides is 1. The maximum absolute atomic E-state index is 11.1. The van der Waals surface area contributed by atoms with Crippen LogP contribution >= 0.6 is 0 Å². The standard InChI is InChI=1S/C10H11N5O/c1-6-13-2-3-15(6)9-4-7(10(12)16)8(11)5-14-9/h2-5H,11H2,1H3,(H2,12,16). The van der Waals surface area contributed by atoms with E-state index < -0.39 is 5.91 Å². The van der Waals surface area contributed by atoms with Crippen LogP contribution in [0.1, 0.15) is 16.2 Å². The molecule has 2 aromatic heterocycles. The molecular weight excluding hydrogens is 206 g/mol. The summed E-state index contributed by atoms with van der Waals surface area (Å²) in [4.78, 5) is 19.3. The fraction of sp³-hybridized carbons (Fsp3) is 0.100. The molecule has 2 heterocycles. The Bertz CT molecular complexity index is 546. The molecule has 82 valence electrons. The molecule has 6 nitrogen and oxygen atoms in total. The second kappa shape index (κ2) is 3.65. The molecule has 0 saturated heterocycles. The summed E-state index contributed by atoms with van der Waals surface area (Å²) in [5.41, 5.74) is 11.3. The monoisotopic (exact) mass is 217 g/mol. The van der Waals surface area contributed by atoms with E-state index in [0.29, 0.717) is 5.82 Å². The number of carbonyl (C=O) groups excluding carboxylic acids is 1. The SMILES string of the molecule is Cc1nccn1-c1cc(C(N)=O)c(N)cn1. The summed E-state index contributed by atoms with van der Waals surface area (Å²) in [6, 6.07) is 1.55. The van der Waals surface area contributed by atoms with Gasteiger partial charge in [0, 0.05) is 12.4 Å². The molecule has 2 aromatic rings. The molecule has 0 saturated carbocycles. The van der Waals surface area contributed by atoms with Crippen molar-refractivity contribution in [2.24, 2.45) is 5.73 Å². The smallest absolute Gasteiger partial charge is 0.250 e. The largest absolute Gasteiger partial charge is 0.397 e. The van der Waals surface area contributed by atoms with E-state index in [1.54, 1.807) is 23.0 Å². The van der Waals surface area contributed by atoms with Gasteiger partial charge < -0.3 is 11.5 Å². The molecule has 6 heteroatoms. The average molecular weight is 217 g/mol. The highest BCUT2D eigenvalue weighted by molar-refractivity contribution is 5.98. The fourth-order valence-electron chi connectivity index (χ4n) is 1.42. The number of aromatic nitrogens is 3. The second-order valence-electron chi connectivity index (χ2n) is 3.34. The molecule has 0 aliphatic rings. The second-order valence-corrected chi connectivity index (χ2v) is 3.34. The van der Waals surface area contributed by atoms with Gasteiger partial charge in [-0.3, -0.25) is 9.36 Å². The quantitative estimate of drug-likeness (QED) is 0.753. The van der Waals surface area contributed by atoms with Crippen molar-refractivity contribution in [3.8, 4) is 5.82 Å². The summed E-state index contributed by atoms with van der Waals surface area (Å²) >= 11 is 0. The normalized spacial score (nSPS) is 10.3. The summed E-state index contributed by atoms with van der Waals surface area (Å²) < 4.78 is 1.74. The van der Waals surface area contributed by atoms with E-state index in [4.69, 9.17) is 11.5 Å². The first-order chi connectivity index (χ1) is 7.59. The van der Waals surface area contributed by atoms with Gasteiger partial charge in [0.2, 0.25) is 0 Å². The molecule has 0 aromatic carbocycles. The number of hydrogen-bond donors (Lipinski definition) is 2. The molecule has 0 spiro atoms. The number of carbonyl (C=O) groups is 1. The number of hydrogen-bond acceptors (Lipinski definition) is 4. The summed E-state index contributed by atoms with van der Waals surface area (Å²) in [6.07, 6.45) is 4.81. The van der Waals surface area contributed by atoms with Crippen LogP contribution < -0.4 is 11.5 Å². The topological polar surface area (TPSA) is 99.8 Å². The van der Waals surface area contributed by atoms with Crippen molar-refractivity contribution in [2.75, 3.05) is 5.73 Å². The molecule has 0 atom stereocenters. The molecule has 0 unspecified atom stereocenters. The van der Waals surface area contributed by atoms with Gasteiger partial charge in [-0.2, -0.15) is 0 Å². The Hall–Kier alpha value is -2.37. The molecule has 16 heavy (non-hydrogen) atoms. The van der Waals surface area contributed by atoms with Gasteiger partial charge in [-0.15, -0.1) is 0 Å². The zero-order valence-electron chi connectivity index (χ0n) is 8.71. The first-order valence-corrected chi connectivity index (χ1v) is 4.65. The van der Waals surface area contributed by atoms with Crippen LogP contribution in [0.3, 0.4) is 0 Å². The third kappa shape index (κ3) is 1.60. The molecule has 0 aliphatic heterocycles. The zero-order valence-corrected chi connectivity index (χ0v) is 8.71. The molecule has 0 radical (unpaired) electrons. The highest BCUT2D eigenvalue weighted by atomic mass is 16.1. The highest BCUT2D eigenvalue weighted by Crippen LogP contribution is 2.14. The number of rotatable bonds is 2. The van der Waals surface area contributed by atoms with Gasteiger partial charge in [-0.1, -0.05) is 0 Å². The minimum atomic E-state index is -0.570. The van der Waals surface area contributed by atoms with E-state index in [1.807, 2.05) is 6.92 Å². The van der Waals surface area contributed by atoms with Gasteiger partial charge in [-0.25, -0.2) is 9.97 Å². The fourth-order valence-corrected chi connectivity index (χ4v) is 1.42. The van der Waals surface area contributed by atoms with Crippen LogP contribution in [-0.4, -0.2) is 20.4 Å². The van der Waals surface area contributed by atoms with Crippen LogP contribution in [0.15, 0.2) is 24.7 Å². The Labute approximate surface area is 91.9 Å². The van der Waals surface area contributed by atoms with Crippen molar-refractivity contribution in [3.05, 3.63) is 36.0 Å². The first kappa shape index (κ1) is 10.2. The van der Waals surface area contributed by atoms with Gasteiger partial charge in [0.15, 0.2) is 0 Å². The van der Waals surface area contributed by atoms with Crippen LogP contribution in [0, 0.1) is 6.92 Å². The number of nitrogens with two attached hydrogens (primary N) is 2. The zero-order chi connectivity index (χ0) is 11.7. The van der Waals surface area contributed by atoms with Gasteiger partial charge >= 0.3 is 0 Å². The molecule has 0 aliphatic carbocycles. The average Bonchev–Trinajstić information content (AvgIpc) is 2.65. The van der Waals surface area contributed by atoms with Crippen LogP contribution in [0.4, 0.5) is 5.69 Å². The minimum Gasteiger partial charge on any atom is -0.397 e. The van der Waals surface area contributed by atoms with E-state index in [9.17, 15) is 4.79 Å². The van der Waals surface area contributed by atoms with Gasteiger partial charge in [0.25, 0.3) is 5.91 Å². The number of anilines is 1. The van der Waals surface area contributed by atoms with Crippen molar-refractivity contribution < 1.29 is 4.79 Å². The Morgan fingerprint density at radius 3 is 2.75 bits per heavy atom. The molecule has 0 fully saturated rings. The van der Waals surface area contributed by atoms with E-state index in [-0.39, 0.29) is 11.3 Å². The molecule has 0 bridgehead atoms. The first-order valence-electron chi connectivity index (χ1n) is 4.65. The number of aryl methyl sites for hydroxylation is 1. The van der Waals surface area contributed by atoms with Gasteiger partial charge in [0.1, 0.15) is 11.6 Å². The van der Waals surface area contributed by atoms with Crippen LogP contribution in [-0.2, 0) is 0 Å². The van der Waals surface area contributed by atoms with Gasteiger partial charge in [0.05, 0.1) is 17.4 Å². The molecule has 1 amide bonds. The molecular formula is C10H11N5O. The van der Waals surface area contributed by atoms with E-state index >= 15 is 0 Å². The van der Waals surface area contributed by atoms with Crippen molar-refractivity contribution in [1.82, 2.24) is 14.5 Å². The third-order valence-electron chi connectivity index (χ3n) is 2.26. The lowest BCUT2D eigenvalue weighted by Gasteiger charge is -2.06. The summed E-state index contributed by atoms with van der Waals surface area (Å²) in [6.45, 7) is 1.84. The predicted octanol–water partition coefficient (Wildman–Crippen LogP) is 0.257. The van der Waals surface area contributed by atoms with Crippen LogP contribution in [0.25, 0.3) is 5.82 Å².